The van der Waals surface area contributed by atoms with Crippen LogP contribution in [0.3, 0.4) is 0 Å². The monoisotopic (exact) mass is 1590 g/mol. The number of benzene rings is 2. The highest BCUT2D eigenvalue weighted by Crippen LogP contribution is 2.52. The van der Waals surface area contributed by atoms with Gasteiger partial charge in [0.1, 0.15) is 6.61 Å². The fourth-order valence-electron chi connectivity index (χ4n) is 15.2. The summed E-state index contributed by atoms with van der Waals surface area (Å²) in [6.07, 6.45) is -0.00904. The van der Waals surface area contributed by atoms with Crippen molar-refractivity contribution >= 4 is 100 Å². The van der Waals surface area contributed by atoms with Crippen molar-refractivity contribution in [3.05, 3.63) is 65.2 Å². The maximum atomic E-state index is 14.6. The van der Waals surface area contributed by atoms with Crippen molar-refractivity contribution in [2.45, 2.75) is 251 Å². The molecular weight excluding hydrogens is 1460 g/mol. The highest BCUT2D eigenvalue weighted by atomic mass is 32.2. The van der Waals surface area contributed by atoms with Crippen LogP contribution in [0.25, 0.3) is 0 Å². The van der Waals surface area contributed by atoms with Crippen molar-refractivity contribution in [2.24, 2.45) is 46.7 Å². The van der Waals surface area contributed by atoms with Gasteiger partial charge in [0.15, 0.2) is 11.6 Å². The number of carbonyl (C=O) groups is 14. The van der Waals surface area contributed by atoms with Gasteiger partial charge in [-0.15, -0.1) is 16.8 Å². The van der Waals surface area contributed by atoms with Crippen molar-refractivity contribution < 1.29 is 91.3 Å². The third kappa shape index (κ3) is 27.2. The predicted octanol–water partition coefficient (Wildman–Crippen LogP) is 7.23. The number of hydroxylamine groups is 2. The fourth-order valence-corrected chi connectivity index (χ4v) is 16.7. The predicted molar refractivity (Wildman–Crippen MR) is 419 cm³/mol. The third-order valence-electron chi connectivity index (χ3n) is 22.0. The highest BCUT2D eigenvalue weighted by molar-refractivity contribution is 8.00. The number of methoxy groups -OCH3 is 2. The van der Waals surface area contributed by atoms with Gasteiger partial charge in [-0.1, -0.05) is 110 Å². The lowest BCUT2D eigenvalue weighted by atomic mass is 9.83. The Morgan fingerprint density at radius 3 is 1.98 bits per heavy atom. The SMILES string of the molecule is CC[C@H](C)[C@@H]([C@@H](CC(=O)N1C[C@@H](O)C[C@H]1[C@@H](CC(=O)N[C@H](C)C(NC(=O)OCc1ccc(NC(=O)[C@H](CCCNC(N)=O)CC(=O)[C@@H](NC(=O)CCCCCN2C(=O)CC(SCC3(CC(=O)ON4C(=O)CCC4=O)CC3)C2=O)C(C)C)cc1)c1ccc(C)cc1)OC)OC)N(C)C(=O)[C@@H](CC(=O)[C@H](C(C)C)N(C)C)C(C)C. The van der Waals surface area contributed by atoms with Crippen LogP contribution in [-0.4, -0.2) is 227 Å². The van der Waals surface area contributed by atoms with Gasteiger partial charge in [-0.2, -0.15) is 0 Å². The van der Waals surface area contributed by atoms with E-state index in [1.54, 1.807) is 57.0 Å². The number of urea groups is 1. The molecule has 8 N–H and O–H groups in total. The number of hydrogen-bond donors (Lipinski definition) is 7. The first-order valence-corrected chi connectivity index (χ1v) is 40.5. The van der Waals surface area contributed by atoms with Gasteiger partial charge < -0.3 is 66.3 Å². The number of alkyl carbamates (subject to hydrolysis) is 1. The number of nitrogens with zero attached hydrogens (tertiary/aromatic N) is 5. The molecule has 2 unspecified atom stereocenters. The lowest BCUT2D eigenvalue weighted by molar-refractivity contribution is -0.198. The Bertz CT molecular complexity index is 3570. The van der Waals surface area contributed by atoms with Gasteiger partial charge >= 0.3 is 18.1 Å². The van der Waals surface area contributed by atoms with Crippen molar-refractivity contribution in [3.8, 4) is 0 Å². The average molecular weight is 1590 g/mol. The largest absolute Gasteiger partial charge is 0.445 e. The second-order valence-electron chi connectivity index (χ2n) is 32.1. The average Bonchev–Trinajstić information content (AvgIpc) is 1.62. The Kier molecular flexibility index (Phi) is 36.1. The van der Waals surface area contributed by atoms with Gasteiger partial charge in [0.25, 0.3) is 11.8 Å². The lowest BCUT2D eigenvalue weighted by Gasteiger charge is -2.40. The number of nitrogens with one attached hydrogen (secondary N) is 5. The number of anilines is 1. The number of primary amides is 1. The number of unbranched alkanes of at least 4 members (excludes halogenated alkanes) is 2. The maximum Gasteiger partial charge on any atom is 0.408 e. The minimum absolute atomic E-state index is 0.0128. The summed E-state index contributed by atoms with van der Waals surface area (Å²) in [5.41, 5.74) is 7.37. The van der Waals surface area contributed by atoms with Gasteiger partial charge in [0.2, 0.25) is 41.4 Å². The molecule has 3 aliphatic heterocycles. The van der Waals surface area contributed by atoms with E-state index in [9.17, 15) is 72.2 Å². The standard InChI is InChI=1S/C81H123N11O19S/c1-16-51(9)75(89(13)77(104)58(47(2)3)39-61(95)74(49(6)7)88(11)12)63(109-15)41-69(100)91-44-57(93)38-59(91)62(108-14)40-66(97)84-52(10)73(54-27-23-50(8)24-28-54)87-80(107)110-45-53-25-29-56(30-26-53)85-76(103)55(21-20-35-83-79(82)106)37-60(94)72(48(4)5)86-65(96)22-18-17-19-36-90-70(101)42-64(78(90)105)112-46-81(33-34-81)43-71(102)111-92-67(98)31-32-68(92)99/h23-30,47-49,51-52,55,57-59,62-64,72-75,93H,16-22,31-46H2,1-15H3,(H,84,97)(H,85,103)(H,86,96)(H,87,107)(H3,82,83,106)/t51-,52+,55+,57-,58-,59-,62+,63+,64?,72-,73?,74-,75-/m0/s1. The molecule has 622 valence electrons. The topological polar surface area (TPSA) is 399 Å². The van der Waals surface area contributed by atoms with Gasteiger partial charge in [-0.25, -0.2) is 14.4 Å². The first-order chi connectivity index (χ1) is 52.9. The van der Waals surface area contributed by atoms with E-state index in [1.807, 2.05) is 91.7 Å². The van der Waals surface area contributed by atoms with E-state index in [4.69, 9.17) is 24.8 Å². The minimum Gasteiger partial charge on any atom is -0.445 e. The summed E-state index contributed by atoms with van der Waals surface area (Å²) in [6.45, 7) is 19.1. The van der Waals surface area contributed by atoms with E-state index >= 15 is 0 Å². The number of aliphatic hydroxyl groups excluding tert-OH is 1. The number of hydrogen-bond acceptors (Lipinski definition) is 21. The summed E-state index contributed by atoms with van der Waals surface area (Å²) < 4.78 is 17.7. The number of ether oxygens (including phenoxy) is 3. The van der Waals surface area contributed by atoms with Crippen LogP contribution in [-0.2, 0) is 83.2 Å². The second kappa shape index (κ2) is 43.8. The number of rotatable bonds is 47. The number of nitrogens with two attached hydrogens (primary N) is 1. The first kappa shape index (κ1) is 92.5. The van der Waals surface area contributed by atoms with Gasteiger partial charge in [0.05, 0.1) is 79.1 Å². The molecule has 31 heteroatoms. The number of β-amino-alcohol motifs (C(OH)–C–C–N with tert-alkyl or cyclic N) is 1. The molecule has 3 saturated heterocycles. The van der Waals surface area contributed by atoms with Gasteiger partial charge in [0, 0.05) is 103 Å². The fraction of sp³-hybridized carbons (Fsp3) is 0.679. The number of likely N-dealkylation sites (N-methyl/N-ethyl adjacent to an activating group) is 2. The zero-order valence-electron chi connectivity index (χ0n) is 68.1. The zero-order chi connectivity index (χ0) is 83.0. The molecule has 1 aliphatic carbocycles. The molecule has 6 rings (SSSR count). The van der Waals surface area contributed by atoms with Crippen molar-refractivity contribution in [1.29, 1.82) is 0 Å². The number of likely N-dealkylation sites (tertiary alicyclic amines) is 2. The molecule has 0 bridgehead atoms. The van der Waals surface area contributed by atoms with Crippen LogP contribution >= 0.6 is 11.8 Å². The van der Waals surface area contributed by atoms with Crippen LogP contribution in [0.5, 0.6) is 0 Å². The summed E-state index contributed by atoms with van der Waals surface area (Å²) >= 11 is 1.31. The van der Waals surface area contributed by atoms with Crippen LogP contribution in [0.1, 0.15) is 201 Å². The summed E-state index contributed by atoms with van der Waals surface area (Å²) in [4.78, 5) is 198. The van der Waals surface area contributed by atoms with E-state index in [0.717, 1.165) is 5.56 Å². The molecule has 112 heavy (non-hydrogen) atoms. The molecule has 0 spiro atoms. The number of aryl methyl sites for hydroxylation is 1. The zero-order valence-corrected chi connectivity index (χ0v) is 69.0. The Morgan fingerprint density at radius 2 is 1.40 bits per heavy atom. The summed E-state index contributed by atoms with van der Waals surface area (Å²) in [5, 5.41) is 25.2. The molecule has 1 saturated carbocycles. The molecule has 0 aromatic heterocycles. The van der Waals surface area contributed by atoms with Crippen LogP contribution < -0.4 is 32.3 Å². The van der Waals surface area contributed by atoms with Crippen molar-refractivity contribution in [1.82, 2.24) is 45.9 Å². The number of amides is 12. The summed E-state index contributed by atoms with van der Waals surface area (Å²) in [5.74, 6) is -6.51. The highest BCUT2D eigenvalue weighted by Gasteiger charge is 2.49. The number of thioether (sulfide) groups is 1. The smallest absolute Gasteiger partial charge is 0.408 e. The van der Waals surface area contributed by atoms with Crippen LogP contribution in [0.15, 0.2) is 48.5 Å². The van der Waals surface area contributed by atoms with E-state index in [2.05, 4.69) is 26.6 Å². The number of Topliss-reactive ketones (excluding diaryl/α,β-unsaturated/α-hetero) is 2. The molecule has 2 aromatic rings. The molecule has 3 heterocycles. The van der Waals surface area contributed by atoms with Gasteiger partial charge in [-0.3, -0.25) is 62.5 Å². The molecule has 13 atom stereocenters. The van der Waals surface area contributed by atoms with E-state index in [1.165, 1.54) is 35.8 Å². The molecule has 4 aliphatic rings. The summed E-state index contributed by atoms with van der Waals surface area (Å²) in [7, 11) is 8.35. The first-order valence-electron chi connectivity index (χ1n) is 39.5. The second-order valence-corrected chi connectivity index (χ2v) is 33.3. The molecule has 30 nitrogen and oxygen atoms in total. The van der Waals surface area contributed by atoms with E-state index < -0.39 is 119 Å². The Balaban J connectivity index is 0.994. The maximum absolute atomic E-state index is 14.6. The van der Waals surface area contributed by atoms with E-state index in [0.29, 0.717) is 66.2 Å². The summed E-state index contributed by atoms with van der Waals surface area (Å²) in [6, 6.07) is 8.97. The molecule has 2 aromatic carbocycles. The number of ketones is 2. The molecule has 12 amide bonds. The Morgan fingerprint density at radius 1 is 0.741 bits per heavy atom. The normalized spacial score (nSPS) is 19.5. The quantitative estimate of drug-likeness (QED) is 0.0254. The Hall–Kier alpha value is -8.39. The van der Waals surface area contributed by atoms with Crippen LogP contribution in [0, 0.1) is 47.8 Å². The number of imide groups is 2. The molecular formula is C81H123N11O19S. The molecule has 4 fully saturated rings. The van der Waals surface area contributed by atoms with Crippen LogP contribution in [0.4, 0.5) is 15.3 Å². The number of carbonyl (C=O) groups excluding carboxylic acids is 14. The minimum atomic E-state index is -0.947. The lowest BCUT2D eigenvalue weighted by Crippen LogP contribution is -2.54. The van der Waals surface area contributed by atoms with Crippen LogP contribution in [0.2, 0.25) is 0 Å². The number of aliphatic hydroxyl groups is 1. The third-order valence-corrected chi connectivity index (χ3v) is 23.6. The van der Waals surface area contributed by atoms with Crippen molar-refractivity contribution in [2.75, 3.05) is 66.1 Å². The molecule has 0 radical (unpaired) electrons. The van der Waals surface area contributed by atoms with Gasteiger partial charge in [-0.05, 0) is 125 Å². The van der Waals surface area contributed by atoms with Crippen molar-refractivity contribution in [3.63, 3.8) is 0 Å². The van der Waals surface area contributed by atoms with E-state index in [-0.39, 0.29) is 168 Å². The Labute approximate surface area is 663 Å².